The Morgan fingerprint density at radius 2 is 2.04 bits per heavy atom. The minimum absolute atomic E-state index is 0.210. The number of thiocarbonyl (C=S) groups is 1. The van der Waals surface area contributed by atoms with E-state index < -0.39 is 0 Å². The normalized spacial score (nSPS) is 15.5. The van der Waals surface area contributed by atoms with Crippen LogP contribution in [0.15, 0.2) is 42.5 Å². The van der Waals surface area contributed by atoms with E-state index in [9.17, 15) is 10.1 Å². The van der Waals surface area contributed by atoms with Crippen molar-refractivity contribution in [1.82, 2.24) is 5.32 Å². The Balaban J connectivity index is 1.50. The lowest BCUT2D eigenvalue weighted by Crippen LogP contribution is -2.34. The number of carbonyl (C=O) groups excluding carboxylic acids is 1. The molecule has 1 aromatic heterocycles. The molecule has 4 rings (SSSR count). The van der Waals surface area contributed by atoms with Crippen LogP contribution in [0.5, 0.6) is 0 Å². The Bertz CT molecular complexity index is 1130. The van der Waals surface area contributed by atoms with Crippen molar-refractivity contribution in [2.75, 3.05) is 5.32 Å². The summed E-state index contributed by atoms with van der Waals surface area (Å²) in [7, 11) is 0. The van der Waals surface area contributed by atoms with Gasteiger partial charge in [0.15, 0.2) is 5.11 Å². The number of hydrogen-bond acceptors (Lipinski definition) is 4. The fourth-order valence-corrected chi connectivity index (χ4v) is 5.22. The number of nitriles is 1. The van der Waals surface area contributed by atoms with E-state index in [0.29, 0.717) is 17.0 Å². The number of nitrogens with one attached hydrogen (secondary N) is 2. The fraction of sp³-hybridized carbons (Fsp3) is 0.227. The summed E-state index contributed by atoms with van der Waals surface area (Å²) < 4.78 is 0. The lowest BCUT2D eigenvalue weighted by molar-refractivity contribution is 0.0978. The minimum Gasteiger partial charge on any atom is -0.323 e. The molecule has 0 spiro atoms. The summed E-state index contributed by atoms with van der Waals surface area (Å²) in [5.74, 6) is 0.363. The molecule has 3 aromatic rings. The highest BCUT2D eigenvalue weighted by Crippen LogP contribution is 2.39. The van der Waals surface area contributed by atoms with Crippen LogP contribution >= 0.6 is 23.6 Å². The molecular formula is C22H19N3OS2. The van der Waals surface area contributed by atoms with Gasteiger partial charge in [0.25, 0.3) is 5.91 Å². The molecule has 1 amide bonds. The standard InChI is InChI=1S/C22H19N3OS2/c1-13-6-9-17-18(12-23)21(28-19(17)10-13)25-22(27)24-20(26)16-8-7-14-4-2-3-5-15(14)11-16/h2-5,7-8,11,13H,6,9-10H2,1H3,(H2,24,25,26,27)/t13-/m0/s1. The molecule has 2 N–H and O–H groups in total. The van der Waals surface area contributed by atoms with Crippen molar-refractivity contribution < 1.29 is 4.79 Å². The predicted octanol–water partition coefficient (Wildman–Crippen LogP) is 5.02. The molecule has 1 atom stereocenters. The first-order valence-corrected chi connectivity index (χ1v) is 10.4. The lowest BCUT2D eigenvalue weighted by atomic mass is 9.89. The molecule has 1 aliphatic carbocycles. The average molecular weight is 406 g/mol. The average Bonchev–Trinajstić information content (AvgIpc) is 3.03. The van der Waals surface area contributed by atoms with E-state index in [4.69, 9.17) is 12.2 Å². The third-order valence-corrected chi connectivity index (χ3v) is 6.46. The molecular weight excluding hydrogens is 386 g/mol. The molecule has 6 heteroatoms. The van der Waals surface area contributed by atoms with Crippen molar-refractivity contribution in [3.05, 3.63) is 64.0 Å². The van der Waals surface area contributed by atoms with Gasteiger partial charge in [-0.25, -0.2) is 0 Å². The number of benzene rings is 2. The summed E-state index contributed by atoms with van der Waals surface area (Å²) >= 11 is 6.90. The Labute approximate surface area is 173 Å². The maximum Gasteiger partial charge on any atom is 0.257 e. The summed E-state index contributed by atoms with van der Waals surface area (Å²) in [6, 6.07) is 15.7. The molecule has 1 aliphatic rings. The Kier molecular flexibility index (Phi) is 5.12. The van der Waals surface area contributed by atoms with Crippen LogP contribution in [0.1, 0.15) is 39.7 Å². The van der Waals surface area contributed by atoms with Gasteiger partial charge in [-0.1, -0.05) is 37.3 Å². The fourth-order valence-electron chi connectivity index (χ4n) is 3.60. The molecule has 0 radical (unpaired) electrons. The zero-order chi connectivity index (χ0) is 19.7. The highest BCUT2D eigenvalue weighted by Gasteiger charge is 2.24. The maximum absolute atomic E-state index is 12.6. The van der Waals surface area contributed by atoms with E-state index in [1.54, 1.807) is 17.4 Å². The second kappa shape index (κ2) is 7.70. The quantitative estimate of drug-likeness (QED) is 0.587. The molecule has 4 nitrogen and oxygen atoms in total. The zero-order valence-electron chi connectivity index (χ0n) is 15.4. The van der Waals surface area contributed by atoms with E-state index in [2.05, 4.69) is 23.6 Å². The smallest absolute Gasteiger partial charge is 0.257 e. The highest BCUT2D eigenvalue weighted by molar-refractivity contribution is 7.80. The van der Waals surface area contributed by atoms with E-state index in [1.165, 1.54) is 4.88 Å². The summed E-state index contributed by atoms with van der Waals surface area (Å²) in [5.41, 5.74) is 2.34. The van der Waals surface area contributed by atoms with Crippen molar-refractivity contribution in [3.8, 4) is 6.07 Å². The van der Waals surface area contributed by atoms with Crippen LogP contribution in [0.2, 0.25) is 0 Å². The van der Waals surface area contributed by atoms with Crippen molar-refractivity contribution >= 4 is 50.3 Å². The van der Waals surface area contributed by atoms with Gasteiger partial charge in [0.2, 0.25) is 0 Å². The molecule has 0 unspecified atom stereocenters. The van der Waals surface area contributed by atoms with Crippen molar-refractivity contribution in [1.29, 1.82) is 5.26 Å². The Morgan fingerprint density at radius 1 is 1.25 bits per heavy atom. The number of fused-ring (bicyclic) bond motifs is 2. The van der Waals surface area contributed by atoms with Gasteiger partial charge in [-0.15, -0.1) is 11.3 Å². The van der Waals surface area contributed by atoms with Gasteiger partial charge in [0, 0.05) is 10.4 Å². The monoisotopic (exact) mass is 405 g/mol. The Hall–Kier alpha value is -2.75. The first-order chi connectivity index (χ1) is 13.5. The first-order valence-electron chi connectivity index (χ1n) is 9.21. The van der Waals surface area contributed by atoms with Crippen LogP contribution in [-0.4, -0.2) is 11.0 Å². The molecule has 0 saturated carbocycles. The molecule has 0 bridgehead atoms. The number of thiophene rings is 1. The number of amides is 1. The topological polar surface area (TPSA) is 64.9 Å². The highest BCUT2D eigenvalue weighted by atomic mass is 32.1. The van der Waals surface area contributed by atoms with Crippen LogP contribution < -0.4 is 10.6 Å². The molecule has 2 aromatic carbocycles. The van der Waals surface area contributed by atoms with E-state index >= 15 is 0 Å². The second-order valence-electron chi connectivity index (χ2n) is 7.14. The van der Waals surface area contributed by atoms with E-state index in [1.807, 2.05) is 36.4 Å². The van der Waals surface area contributed by atoms with E-state index in [-0.39, 0.29) is 11.0 Å². The lowest BCUT2D eigenvalue weighted by Gasteiger charge is -2.17. The van der Waals surface area contributed by atoms with Crippen LogP contribution in [0.3, 0.4) is 0 Å². The summed E-state index contributed by atoms with van der Waals surface area (Å²) in [6.07, 6.45) is 3.02. The summed E-state index contributed by atoms with van der Waals surface area (Å²) in [4.78, 5) is 13.8. The third kappa shape index (κ3) is 3.64. The maximum atomic E-state index is 12.6. The number of rotatable bonds is 2. The minimum atomic E-state index is -0.267. The van der Waals surface area contributed by atoms with Gasteiger partial charge in [-0.05, 0) is 65.9 Å². The van der Waals surface area contributed by atoms with Gasteiger partial charge in [0.1, 0.15) is 11.1 Å². The molecule has 140 valence electrons. The van der Waals surface area contributed by atoms with Crippen LogP contribution in [0, 0.1) is 17.2 Å². The van der Waals surface area contributed by atoms with Gasteiger partial charge in [-0.3, -0.25) is 10.1 Å². The number of hydrogen-bond donors (Lipinski definition) is 2. The zero-order valence-corrected chi connectivity index (χ0v) is 17.0. The van der Waals surface area contributed by atoms with Crippen molar-refractivity contribution in [2.45, 2.75) is 26.2 Å². The van der Waals surface area contributed by atoms with Crippen LogP contribution in [0.25, 0.3) is 10.8 Å². The van der Waals surface area contributed by atoms with Crippen molar-refractivity contribution in [3.63, 3.8) is 0 Å². The SMILES string of the molecule is C[C@H]1CCc2c(sc(NC(=S)NC(=O)c3ccc4ccccc4c3)c2C#N)C1. The molecule has 0 saturated heterocycles. The summed E-state index contributed by atoms with van der Waals surface area (Å²) in [5, 5.41) is 18.4. The predicted molar refractivity (Wildman–Crippen MR) is 118 cm³/mol. The van der Waals surface area contributed by atoms with Gasteiger partial charge in [0.05, 0.1) is 5.56 Å². The van der Waals surface area contributed by atoms with E-state index in [0.717, 1.165) is 40.6 Å². The first kappa shape index (κ1) is 18.6. The molecule has 0 fully saturated rings. The van der Waals surface area contributed by atoms with Gasteiger partial charge >= 0.3 is 0 Å². The Morgan fingerprint density at radius 3 is 2.82 bits per heavy atom. The van der Waals surface area contributed by atoms with Gasteiger partial charge in [-0.2, -0.15) is 5.26 Å². The van der Waals surface area contributed by atoms with Crippen LogP contribution in [0.4, 0.5) is 5.00 Å². The number of anilines is 1. The number of nitrogens with zero attached hydrogens (tertiary/aromatic N) is 1. The summed E-state index contributed by atoms with van der Waals surface area (Å²) in [6.45, 7) is 2.23. The second-order valence-corrected chi connectivity index (χ2v) is 8.65. The van der Waals surface area contributed by atoms with Crippen molar-refractivity contribution in [2.24, 2.45) is 5.92 Å². The molecule has 0 aliphatic heterocycles. The third-order valence-electron chi connectivity index (χ3n) is 5.09. The largest absolute Gasteiger partial charge is 0.323 e. The molecule has 28 heavy (non-hydrogen) atoms. The molecule has 1 heterocycles. The van der Waals surface area contributed by atoms with Gasteiger partial charge < -0.3 is 5.32 Å². The number of carbonyl (C=O) groups is 1. The van der Waals surface area contributed by atoms with Crippen LogP contribution in [-0.2, 0) is 12.8 Å².